The fourth-order valence-electron chi connectivity index (χ4n) is 1.24. The zero-order valence-corrected chi connectivity index (χ0v) is 8.06. The zero-order valence-electron chi connectivity index (χ0n) is 8.06. The van der Waals surface area contributed by atoms with Crippen LogP contribution in [0.4, 0.5) is 22.0 Å². The van der Waals surface area contributed by atoms with Crippen molar-refractivity contribution in [3.63, 3.8) is 0 Å². The summed E-state index contributed by atoms with van der Waals surface area (Å²) >= 11 is 0. The fourth-order valence-corrected chi connectivity index (χ4v) is 1.24. The molecular formula is C10H9F5O. The van der Waals surface area contributed by atoms with Crippen LogP contribution in [-0.2, 0) is 12.6 Å². The normalized spacial score (nSPS) is 13.9. The first-order valence-electron chi connectivity index (χ1n) is 4.45. The van der Waals surface area contributed by atoms with E-state index in [1.165, 1.54) is 0 Å². The minimum atomic E-state index is -4.76. The van der Waals surface area contributed by atoms with Crippen molar-refractivity contribution < 1.29 is 27.1 Å². The summed E-state index contributed by atoms with van der Waals surface area (Å²) in [5.41, 5.74) is -1.30. The van der Waals surface area contributed by atoms with Gasteiger partial charge < -0.3 is 5.11 Å². The molecule has 16 heavy (non-hydrogen) atoms. The first kappa shape index (κ1) is 12.9. The second kappa shape index (κ2) is 4.78. The van der Waals surface area contributed by atoms with Crippen molar-refractivity contribution in [2.45, 2.75) is 18.8 Å². The molecule has 1 nitrogen and oxygen atoms in total. The van der Waals surface area contributed by atoms with E-state index < -0.39 is 30.3 Å². The van der Waals surface area contributed by atoms with Crippen LogP contribution in [0, 0.1) is 5.82 Å². The molecule has 0 bridgehead atoms. The van der Waals surface area contributed by atoms with Crippen LogP contribution < -0.4 is 0 Å². The molecule has 0 fully saturated rings. The van der Waals surface area contributed by atoms with E-state index in [2.05, 4.69) is 0 Å². The molecule has 1 rings (SSSR count). The Balaban J connectivity index is 2.91. The Kier molecular flexibility index (Phi) is 3.85. The summed E-state index contributed by atoms with van der Waals surface area (Å²) in [5, 5.41) is 8.40. The van der Waals surface area contributed by atoms with Gasteiger partial charge in [0.25, 0.3) is 0 Å². The molecular weight excluding hydrogens is 231 g/mol. The minimum absolute atomic E-state index is 0.0760. The average Bonchev–Trinajstić information content (AvgIpc) is 2.15. The van der Waals surface area contributed by atoms with E-state index in [-0.39, 0.29) is 12.0 Å². The Hall–Kier alpha value is -1.17. The molecule has 90 valence electrons. The van der Waals surface area contributed by atoms with Crippen LogP contribution in [0.3, 0.4) is 0 Å². The van der Waals surface area contributed by atoms with Gasteiger partial charge in [-0.15, -0.1) is 0 Å². The average molecular weight is 240 g/mol. The predicted octanol–water partition coefficient (Wildman–Crippen LogP) is 2.72. The summed E-state index contributed by atoms with van der Waals surface area (Å²) in [7, 11) is 0. The SMILES string of the molecule is OC[C@H](F)Cc1ccc(C(F)(F)F)c(F)c1. The van der Waals surface area contributed by atoms with Gasteiger partial charge in [-0.1, -0.05) is 6.07 Å². The lowest BCUT2D eigenvalue weighted by molar-refractivity contribution is -0.140. The lowest BCUT2D eigenvalue weighted by Gasteiger charge is -2.10. The third-order valence-corrected chi connectivity index (χ3v) is 1.99. The summed E-state index contributed by atoms with van der Waals surface area (Å²) in [6, 6.07) is 2.19. The summed E-state index contributed by atoms with van der Waals surface area (Å²) in [4.78, 5) is 0. The summed E-state index contributed by atoms with van der Waals surface area (Å²) in [6.45, 7) is -0.747. The van der Waals surface area contributed by atoms with Crippen LogP contribution >= 0.6 is 0 Å². The fraction of sp³-hybridized carbons (Fsp3) is 0.400. The molecule has 0 aliphatic carbocycles. The quantitative estimate of drug-likeness (QED) is 0.805. The van der Waals surface area contributed by atoms with Crippen molar-refractivity contribution in [3.05, 3.63) is 35.1 Å². The van der Waals surface area contributed by atoms with Crippen molar-refractivity contribution in [2.24, 2.45) is 0 Å². The highest BCUT2D eigenvalue weighted by Gasteiger charge is 2.33. The van der Waals surface area contributed by atoms with Gasteiger partial charge in [-0.05, 0) is 17.7 Å². The number of aliphatic hydroxyl groups is 1. The number of hydrogen-bond donors (Lipinski definition) is 1. The van der Waals surface area contributed by atoms with E-state index in [4.69, 9.17) is 5.11 Å². The maximum absolute atomic E-state index is 13.0. The van der Waals surface area contributed by atoms with E-state index in [1.54, 1.807) is 0 Å². The standard InChI is InChI=1S/C10H9F5O/c11-7(5-16)3-6-1-2-8(9(12)4-6)10(13,14)15/h1-2,4,7,16H,3,5H2/t7-/m1/s1. The van der Waals surface area contributed by atoms with Gasteiger partial charge in [0.1, 0.15) is 12.0 Å². The zero-order chi connectivity index (χ0) is 12.3. The van der Waals surface area contributed by atoms with Crippen LogP contribution in [0.5, 0.6) is 0 Å². The lowest BCUT2D eigenvalue weighted by atomic mass is 10.1. The van der Waals surface area contributed by atoms with Crippen LogP contribution in [0.15, 0.2) is 18.2 Å². The molecule has 0 saturated heterocycles. The van der Waals surface area contributed by atoms with Gasteiger partial charge >= 0.3 is 6.18 Å². The second-order valence-corrected chi connectivity index (χ2v) is 3.30. The highest BCUT2D eigenvalue weighted by molar-refractivity contribution is 5.27. The second-order valence-electron chi connectivity index (χ2n) is 3.30. The molecule has 0 radical (unpaired) electrons. The molecule has 0 aliphatic rings. The molecule has 0 saturated carbocycles. The highest BCUT2D eigenvalue weighted by atomic mass is 19.4. The van der Waals surface area contributed by atoms with Gasteiger partial charge in [0.05, 0.1) is 12.2 Å². The Morgan fingerprint density at radius 1 is 1.25 bits per heavy atom. The molecule has 0 heterocycles. The van der Waals surface area contributed by atoms with Gasteiger partial charge in [0.2, 0.25) is 0 Å². The first-order chi connectivity index (χ1) is 7.34. The minimum Gasteiger partial charge on any atom is -0.393 e. The van der Waals surface area contributed by atoms with Crippen molar-refractivity contribution in [1.29, 1.82) is 0 Å². The van der Waals surface area contributed by atoms with Crippen LogP contribution in [0.2, 0.25) is 0 Å². The van der Waals surface area contributed by atoms with Crippen LogP contribution in [0.1, 0.15) is 11.1 Å². The van der Waals surface area contributed by atoms with Gasteiger partial charge in [-0.2, -0.15) is 13.2 Å². The van der Waals surface area contributed by atoms with Crippen LogP contribution in [0.25, 0.3) is 0 Å². The van der Waals surface area contributed by atoms with E-state index in [0.29, 0.717) is 12.1 Å². The Morgan fingerprint density at radius 2 is 1.88 bits per heavy atom. The van der Waals surface area contributed by atoms with Crippen molar-refractivity contribution >= 4 is 0 Å². The predicted molar refractivity (Wildman–Crippen MR) is 47.1 cm³/mol. The topological polar surface area (TPSA) is 20.2 Å². The Morgan fingerprint density at radius 3 is 2.31 bits per heavy atom. The Labute approximate surface area is 88.5 Å². The van der Waals surface area contributed by atoms with E-state index in [0.717, 1.165) is 6.07 Å². The molecule has 1 aromatic rings. The largest absolute Gasteiger partial charge is 0.419 e. The number of benzene rings is 1. The molecule has 0 spiro atoms. The van der Waals surface area contributed by atoms with Crippen molar-refractivity contribution in [2.75, 3.05) is 6.61 Å². The third kappa shape index (κ3) is 3.16. The molecule has 6 heteroatoms. The first-order valence-corrected chi connectivity index (χ1v) is 4.45. The molecule has 0 aromatic heterocycles. The van der Waals surface area contributed by atoms with Crippen LogP contribution in [-0.4, -0.2) is 17.9 Å². The number of rotatable bonds is 3. The molecule has 1 N–H and O–H groups in total. The maximum atomic E-state index is 13.0. The smallest absolute Gasteiger partial charge is 0.393 e. The third-order valence-electron chi connectivity index (χ3n) is 1.99. The van der Waals surface area contributed by atoms with Gasteiger partial charge in [0, 0.05) is 6.42 Å². The molecule has 0 unspecified atom stereocenters. The van der Waals surface area contributed by atoms with E-state index in [1.807, 2.05) is 0 Å². The molecule has 1 atom stereocenters. The van der Waals surface area contributed by atoms with Gasteiger partial charge in [-0.3, -0.25) is 0 Å². The van der Waals surface area contributed by atoms with Crippen molar-refractivity contribution in [3.8, 4) is 0 Å². The number of alkyl halides is 4. The maximum Gasteiger partial charge on any atom is 0.419 e. The van der Waals surface area contributed by atoms with E-state index >= 15 is 0 Å². The Bertz CT molecular complexity index is 361. The number of aliphatic hydroxyl groups excluding tert-OH is 1. The summed E-state index contributed by atoms with van der Waals surface area (Å²) in [6.07, 6.45) is -6.67. The van der Waals surface area contributed by atoms with Gasteiger partial charge in [-0.25, -0.2) is 8.78 Å². The molecule has 0 aliphatic heterocycles. The number of halogens is 5. The molecule has 1 aromatic carbocycles. The highest BCUT2D eigenvalue weighted by Crippen LogP contribution is 2.31. The summed E-state index contributed by atoms with van der Waals surface area (Å²) in [5.74, 6) is -1.44. The molecule has 0 amide bonds. The van der Waals surface area contributed by atoms with Gasteiger partial charge in [0.15, 0.2) is 0 Å². The van der Waals surface area contributed by atoms with Crippen molar-refractivity contribution in [1.82, 2.24) is 0 Å². The summed E-state index contributed by atoms with van der Waals surface area (Å²) < 4.78 is 62.1. The monoisotopic (exact) mass is 240 g/mol. The number of hydrogen-bond acceptors (Lipinski definition) is 1. The van der Waals surface area contributed by atoms with E-state index in [9.17, 15) is 22.0 Å². The lowest BCUT2D eigenvalue weighted by Crippen LogP contribution is -2.12.